The Bertz CT molecular complexity index is 1170. The number of ether oxygens (including phenoxy) is 2. The highest BCUT2D eigenvalue weighted by molar-refractivity contribution is 8.25. The molecule has 1 aromatic heterocycles. The summed E-state index contributed by atoms with van der Waals surface area (Å²) in [6.45, 7) is 1.53. The van der Waals surface area contributed by atoms with Gasteiger partial charge in [0.2, 0.25) is 0 Å². The molecule has 158 valence electrons. The van der Waals surface area contributed by atoms with Gasteiger partial charge in [-0.2, -0.15) is 10.6 Å². The smallest absolute Gasteiger partial charge is 0.187 e. The lowest BCUT2D eigenvalue weighted by Crippen LogP contribution is -2.23. The van der Waals surface area contributed by atoms with E-state index in [-0.39, 0.29) is 26.9 Å². The van der Waals surface area contributed by atoms with E-state index in [9.17, 15) is 17.5 Å². The number of pyridine rings is 1. The zero-order chi connectivity index (χ0) is 21.5. The minimum Gasteiger partial charge on any atom is -0.492 e. The van der Waals surface area contributed by atoms with E-state index in [0.717, 1.165) is 0 Å². The van der Waals surface area contributed by atoms with Crippen molar-refractivity contribution in [2.45, 2.75) is 27.2 Å². The van der Waals surface area contributed by atoms with Gasteiger partial charge >= 0.3 is 0 Å². The Labute approximate surface area is 176 Å². The molecule has 2 unspecified atom stereocenters. The predicted molar refractivity (Wildman–Crippen MR) is 114 cm³/mol. The third-order valence-electron chi connectivity index (χ3n) is 5.15. The molecule has 3 aromatic rings. The van der Waals surface area contributed by atoms with Crippen molar-refractivity contribution in [3.63, 3.8) is 0 Å². The Balaban J connectivity index is 1.92. The minimum atomic E-state index is -3.94. The molecular weight excluding hydrogens is 426 g/mol. The highest BCUT2D eigenvalue weighted by Crippen LogP contribution is 2.68. The minimum absolute atomic E-state index is 0.102. The van der Waals surface area contributed by atoms with Crippen LogP contribution in [-0.4, -0.2) is 34.9 Å². The maximum absolute atomic E-state index is 13.5. The third kappa shape index (κ3) is 3.24. The van der Waals surface area contributed by atoms with E-state index in [0.29, 0.717) is 5.75 Å². The Morgan fingerprint density at radius 3 is 2.40 bits per heavy atom. The van der Waals surface area contributed by atoms with Gasteiger partial charge < -0.3 is 9.47 Å². The van der Waals surface area contributed by atoms with Crippen LogP contribution in [0.4, 0.5) is 0 Å². The molecule has 0 aliphatic carbocycles. The highest BCUT2D eigenvalue weighted by Gasteiger charge is 2.51. The van der Waals surface area contributed by atoms with Crippen molar-refractivity contribution in [1.82, 2.24) is 4.98 Å². The summed E-state index contributed by atoms with van der Waals surface area (Å²) in [5.74, 6) is 0.864. The lowest BCUT2D eigenvalue weighted by atomic mass is 10.1. The van der Waals surface area contributed by atoms with Crippen LogP contribution in [0.5, 0.6) is 17.2 Å². The molecule has 2 N–H and O–H groups in total. The zero-order valence-corrected chi connectivity index (χ0v) is 17.9. The van der Waals surface area contributed by atoms with Gasteiger partial charge in [-0.25, -0.2) is 8.42 Å². The first-order chi connectivity index (χ1) is 14.3. The summed E-state index contributed by atoms with van der Waals surface area (Å²) in [5, 5.41) is -2.16. The second kappa shape index (κ2) is 7.59. The first-order valence-electron chi connectivity index (χ1n) is 9.13. The third-order valence-corrected chi connectivity index (χ3v) is 9.87. The SMILES string of the molecule is COc1c(Oc2cccnc2)ccc2c1C(S(=O)(=O)c1ccccc1)C(C)S2(O)O. The van der Waals surface area contributed by atoms with Crippen LogP contribution in [0.1, 0.15) is 17.7 Å². The first kappa shape index (κ1) is 20.7. The van der Waals surface area contributed by atoms with Crippen LogP contribution in [0, 0.1) is 0 Å². The summed E-state index contributed by atoms with van der Waals surface area (Å²) >= 11 is 0. The molecule has 2 aromatic carbocycles. The number of hydrogen-bond donors (Lipinski definition) is 2. The average molecular weight is 448 g/mol. The summed E-state index contributed by atoms with van der Waals surface area (Å²) in [6.07, 6.45) is 3.12. The van der Waals surface area contributed by atoms with E-state index in [2.05, 4.69) is 4.98 Å². The largest absolute Gasteiger partial charge is 0.492 e. The molecule has 0 saturated heterocycles. The van der Waals surface area contributed by atoms with Crippen molar-refractivity contribution in [1.29, 1.82) is 0 Å². The molecule has 7 nitrogen and oxygen atoms in total. The molecule has 1 aliphatic heterocycles. The molecular formula is C21H21NO6S2. The van der Waals surface area contributed by atoms with Crippen molar-refractivity contribution in [3.05, 3.63) is 72.6 Å². The van der Waals surface area contributed by atoms with Gasteiger partial charge in [-0.15, -0.1) is 0 Å². The zero-order valence-electron chi connectivity index (χ0n) is 16.3. The molecule has 0 radical (unpaired) electrons. The van der Waals surface area contributed by atoms with Gasteiger partial charge in [-0.3, -0.25) is 14.1 Å². The van der Waals surface area contributed by atoms with E-state index >= 15 is 0 Å². The van der Waals surface area contributed by atoms with Crippen LogP contribution in [0.25, 0.3) is 0 Å². The molecule has 0 fully saturated rings. The number of hydrogen-bond acceptors (Lipinski definition) is 7. The van der Waals surface area contributed by atoms with Crippen LogP contribution in [0.3, 0.4) is 0 Å². The molecule has 0 amide bonds. The van der Waals surface area contributed by atoms with Gasteiger partial charge in [0.05, 0.1) is 28.3 Å². The van der Waals surface area contributed by atoms with E-state index in [1.54, 1.807) is 42.6 Å². The summed E-state index contributed by atoms with van der Waals surface area (Å²) in [6, 6.07) is 14.4. The van der Waals surface area contributed by atoms with E-state index in [1.807, 2.05) is 0 Å². The molecule has 0 bridgehead atoms. The van der Waals surface area contributed by atoms with Crippen molar-refractivity contribution >= 4 is 20.4 Å². The topological polar surface area (TPSA) is 106 Å². The fourth-order valence-electron chi connectivity index (χ4n) is 3.69. The van der Waals surface area contributed by atoms with Crippen LogP contribution in [0.2, 0.25) is 0 Å². The second-order valence-electron chi connectivity index (χ2n) is 6.88. The molecule has 0 spiro atoms. The Hall–Kier alpha value is -2.59. The fraction of sp³-hybridized carbons (Fsp3) is 0.190. The summed E-state index contributed by atoms with van der Waals surface area (Å²) in [7, 11) is -5.92. The highest BCUT2D eigenvalue weighted by atomic mass is 32.3. The van der Waals surface area contributed by atoms with Crippen LogP contribution < -0.4 is 9.47 Å². The van der Waals surface area contributed by atoms with Crippen molar-refractivity contribution in [2.24, 2.45) is 0 Å². The molecule has 1 aliphatic rings. The fourth-order valence-corrected chi connectivity index (χ4v) is 8.24. The molecule has 30 heavy (non-hydrogen) atoms. The Morgan fingerprint density at radius 2 is 1.77 bits per heavy atom. The summed E-state index contributed by atoms with van der Waals surface area (Å²) in [4.78, 5) is 4.26. The molecule has 2 atom stereocenters. The number of methoxy groups -OCH3 is 1. The normalized spacial score (nSPS) is 20.9. The number of sulfone groups is 1. The second-order valence-corrected chi connectivity index (χ2v) is 11.3. The molecule has 2 heterocycles. The van der Waals surface area contributed by atoms with Gasteiger partial charge in [0, 0.05) is 11.8 Å². The quantitative estimate of drug-likeness (QED) is 0.572. The van der Waals surface area contributed by atoms with E-state index < -0.39 is 30.9 Å². The predicted octanol–water partition coefficient (Wildman–Crippen LogP) is 4.91. The Kier molecular flexibility index (Phi) is 5.23. The van der Waals surface area contributed by atoms with Gasteiger partial charge in [0.15, 0.2) is 21.3 Å². The van der Waals surface area contributed by atoms with Crippen molar-refractivity contribution < 1.29 is 27.0 Å². The van der Waals surface area contributed by atoms with Crippen LogP contribution in [-0.2, 0) is 9.84 Å². The summed E-state index contributed by atoms with van der Waals surface area (Å²) in [5.41, 5.74) is 0.218. The average Bonchev–Trinajstić information content (AvgIpc) is 2.95. The monoisotopic (exact) mass is 447 g/mol. The van der Waals surface area contributed by atoms with Crippen molar-refractivity contribution in [3.8, 4) is 17.2 Å². The Morgan fingerprint density at radius 1 is 1.03 bits per heavy atom. The first-order valence-corrected chi connectivity index (χ1v) is 12.3. The van der Waals surface area contributed by atoms with Gasteiger partial charge in [0.1, 0.15) is 11.0 Å². The van der Waals surface area contributed by atoms with Crippen molar-refractivity contribution in [2.75, 3.05) is 7.11 Å². The van der Waals surface area contributed by atoms with Crippen LogP contribution >= 0.6 is 10.6 Å². The van der Waals surface area contributed by atoms with Gasteiger partial charge in [0.25, 0.3) is 0 Å². The molecule has 9 heteroatoms. The number of fused-ring (bicyclic) bond motifs is 1. The summed E-state index contributed by atoms with van der Waals surface area (Å²) < 4.78 is 60.2. The maximum Gasteiger partial charge on any atom is 0.187 e. The van der Waals surface area contributed by atoms with Gasteiger partial charge in [-0.05, 0) is 43.3 Å². The maximum atomic E-state index is 13.5. The van der Waals surface area contributed by atoms with E-state index in [4.69, 9.17) is 9.47 Å². The van der Waals surface area contributed by atoms with Gasteiger partial charge in [-0.1, -0.05) is 18.2 Å². The number of benzene rings is 2. The number of rotatable bonds is 5. The van der Waals surface area contributed by atoms with Crippen LogP contribution in [0.15, 0.2) is 76.8 Å². The van der Waals surface area contributed by atoms with E-state index in [1.165, 1.54) is 38.4 Å². The molecule has 4 rings (SSSR count). The molecule has 0 saturated carbocycles. The standard InChI is InChI=1S/C21H21NO6S2/c1-14-21(30(25,26)16-8-4-3-5-9-16)19-18(29(14,23)24)11-10-17(20(19)27-2)28-15-7-6-12-22-13-15/h3-14,21,23-24H,1-2H3. The number of aromatic nitrogens is 1. The lowest BCUT2D eigenvalue weighted by Gasteiger charge is -2.34. The lowest BCUT2D eigenvalue weighted by molar-refractivity contribution is 0.372. The number of nitrogens with zero attached hydrogens (tertiary/aromatic N) is 1.